The van der Waals surface area contributed by atoms with Gasteiger partial charge in [-0.2, -0.15) is 0 Å². The predicted molar refractivity (Wildman–Crippen MR) is 76.3 cm³/mol. The molecule has 2 nitrogen and oxygen atoms in total. The normalized spacial score (nSPS) is 30.7. The molecule has 1 aromatic rings. The van der Waals surface area contributed by atoms with Crippen molar-refractivity contribution in [1.29, 1.82) is 0 Å². The minimum atomic E-state index is 0.581. The first-order valence-corrected chi connectivity index (χ1v) is 8.16. The van der Waals surface area contributed by atoms with E-state index in [-0.39, 0.29) is 0 Å². The SMILES string of the molecule is NCC1CCCN(C2CC2)C1c1cc(Br)cs1. The molecular formula is C13H19BrN2S. The Balaban J connectivity index is 1.88. The van der Waals surface area contributed by atoms with Gasteiger partial charge in [-0.3, -0.25) is 4.90 Å². The molecule has 17 heavy (non-hydrogen) atoms. The molecule has 2 aliphatic rings. The highest BCUT2D eigenvalue weighted by atomic mass is 79.9. The molecule has 2 fully saturated rings. The number of halogens is 1. The molecule has 0 spiro atoms. The first-order chi connectivity index (χ1) is 8.29. The van der Waals surface area contributed by atoms with Crippen molar-refractivity contribution in [3.05, 3.63) is 20.8 Å². The zero-order valence-electron chi connectivity index (χ0n) is 9.94. The molecule has 0 radical (unpaired) electrons. The third kappa shape index (κ3) is 2.46. The zero-order valence-corrected chi connectivity index (χ0v) is 12.3. The van der Waals surface area contributed by atoms with Crippen LogP contribution in [-0.4, -0.2) is 24.0 Å². The van der Waals surface area contributed by atoms with E-state index in [1.165, 1.54) is 41.6 Å². The fraction of sp³-hybridized carbons (Fsp3) is 0.692. The van der Waals surface area contributed by atoms with E-state index < -0.39 is 0 Å². The number of hydrogen-bond donors (Lipinski definition) is 1. The van der Waals surface area contributed by atoms with Gasteiger partial charge in [0.2, 0.25) is 0 Å². The summed E-state index contributed by atoms with van der Waals surface area (Å²) in [5, 5.41) is 2.20. The van der Waals surface area contributed by atoms with Crippen molar-refractivity contribution in [3.8, 4) is 0 Å². The van der Waals surface area contributed by atoms with E-state index in [2.05, 4.69) is 32.3 Å². The first-order valence-electron chi connectivity index (χ1n) is 6.49. The van der Waals surface area contributed by atoms with E-state index in [0.29, 0.717) is 12.0 Å². The van der Waals surface area contributed by atoms with Gasteiger partial charge in [0.05, 0.1) is 0 Å². The molecule has 1 aliphatic carbocycles. The van der Waals surface area contributed by atoms with Crippen LogP contribution in [-0.2, 0) is 0 Å². The van der Waals surface area contributed by atoms with E-state index in [1.54, 1.807) is 0 Å². The Bertz CT molecular complexity index is 389. The highest BCUT2D eigenvalue weighted by Crippen LogP contribution is 2.44. The summed E-state index contributed by atoms with van der Waals surface area (Å²) in [7, 11) is 0. The van der Waals surface area contributed by atoms with Crippen molar-refractivity contribution >= 4 is 27.3 Å². The largest absolute Gasteiger partial charge is 0.330 e. The van der Waals surface area contributed by atoms with E-state index in [1.807, 2.05) is 11.3 Å². The Hall–Kier alpha value is 0.1000. The Morgan fingerprint density at radius 2 is 2.24 bits per heavy atom. The topological polar surface area (TPSA) is 29.3 Å². The van der Waals surface area contributed by atoms with Crippen LogP contribution in [0.1, 0.15) is 36.6 Å². The number of rotatable bonds is 3. The summed E-state index contributed by atoms with van der Waals surface area (Å²) in [5.74, 6) is 0.648. The third-order valence-electron chi connectivity index (χ3n) is 3.99. The van der Waals surface area contributed by atoms with E-state index in [9.17, 15) is 0 Å². The van der Waals surface area contributed by atoms with Crippen LogP contribution in [0.5, 0.6) is 0 Å². The van der Waals surface area contributed by atoms with Crippen molar-refractivity contribution < 1.29 is 0 Å². The van der Waals surface area contributed by atoms with Crippen molar-refractivity contribution in [2.75, 3.05) is 13.1 Å². The van der Waals surface area contributed by atoms with Crippen LogP contribution >= 0.6 is 27.3 Å². The van der Waals surface area contributed by atoms with Crippen molar-refractivity contribution in [1.82, 2.24) is 4.90 Å². The van der Waals surface area contributed by atoms with E-state index >= 15 is 0 Å². The average molecular weight is 315 g/mol. The second-order valence-corrected chi connectivity index (χ2v) is 7.08. The molecule has 0 amide bonds. The Labute approximate surface area is 115 Å². The molecule has 94 valence electrons. The maximum atomic E-state index is 5.99. The average Bonchev–Trinajstić information content (AvgIpc) is 3.11. The highest BCUT2D eigenvalue weighted by Gasteiger charge is 2.40. The number of nitrogens with two attached hydrogens (primary N) is 1. The summed E-state index contributed by atoms with van der Waals surface area (Å²) >= 11 is 5.45. The Kier molecular flexibility index (Phi) is 3.57. The van der Waals surface area contributed by atoms with Crippen LogP contribution in [0.15, 0.2) is 15.9 Å². The van der Waals surface area contributed by atoms with Crippen molar-refractivity contribution in [3.63, 3.8) is 0 Å². The summed E-state index contributed by atoms with van der Waals surface area (Å²) in [4.78, 5) is 4.22. The van der Waals surface area contributed by atoms with Crippen LogP contribution in [0.3, 0.4) is 0 Å². The summed E-state index contributed by atoms with van der Waals surface area (Å²) < 4.78 is 1.22. The van der Waals surface area contributed by atoms with Gasteiger partial charge in [0, 0.05) is 26.8 Å². The molecule has 2 atom stereocenters. The lowest BCUT2D eigenvalue weighted by molar-refractivity contribution is 0.0904. The van der Waals surface area contributed by atoms with Crippen LogP contribution in [0.25, 0.3) is 0 Å². The number of nitrogens with zero attached hydrogens (tertiary/aromatic N) is 1. The molecule has 3 rings (SSSR count). The van der Waals surface area contributed by atoms with Gasteiger partial charge in [0.25, 0.3) is 0 Å². The molecule has 1 saturated heterocycles. The molecule has 4 heteroatoms. The maximum Gasteiger partial charge on any atom is 0.0485 e. The zero-order chi connectivity index (χ0) is 11.8. The van der Waals surface area contributed by atoms with Crippen LogP contribution in [0, 0.1) is 5.92 Å². The summed E-state index contributed by atoms with van der Waals surface area (Å²) in [6.45, 7) is 2.09. The summed E-state index contributed by atoms with van der Waals surface area (Å²) in [5.41, 5.74) is 5.99. The molecule has 1 aromatic heterocycles. The fourth-order valence-corrected chi connectivity index (χ4v) is 4.70. The lowest BCUT2D eigenvalue weighted by Crippen LogP contribution is -2.42. The second kappa shape index (κ2) is 5.00. The quantitative estimate of drug-likeness (QED) is 0.926. The van der Waals surface area contributed by atoms with Crippen LogP contribution in [0.2, 0.25) is 0 Å². The smallest absolute Gasteiger partial charge is 0.0485 e. The summed E-state index contributed by atoms with van der Waals surface area (Å²) in [6, 6.07) is 3.71. The van der Waals surface area contributed by atoms with Gasteiger partial charge < -0.3 is 5.73 Å². The number of hydrogen-bond acceptors (Lipinski definition) is 3. The van der Waals surface area contributed by atoms with Gasteiger partial charge >= 0.3 is 0 Å². The van der Waals surface area contributed by atoms with Crippen LogP contribution in [0.4, 0.5) is 0 Å². The third-order valence-corrected chi connectivity index (χ3v) is 5.76. The fourth-order valence-electron chi connectivity index (χ4n) is 3.05. The minimum Gasteiger partial charge on any atom is -0.330 e. The van der Waals surface area contributed by atoms with Crippen LogP contribution < -0.4 is 5.73 Å². The predicted octanol–water partition coefficient (Wildman–Crippen LogP) is 3.38. The van der Waals surface area contributed by atoms with Gasteiger partial charge in [-0.25, -0.2) is 0 Å². The van der Waals surface area contributed by atoms with E-state index in [0.717, 1.165) is 12.6 Å². The number of likely N-dealkylation sites (tertiary alicyclic amines) is 1. The van der Waals surface area contributed by atoms with Crippen molar-refractivity contribution in [2.24, 2.45) is 11.7 Å². The van der Waals surface area contributed by atoms with E-state index in [4.69, 9.17) is 5.73 Å². The molecule has 1 aliphatic heterocycles. The lowest BCUT2D eigenvalue weighted by Gasteiger charge is -2.41. The molecule has 2 N–H and O–H groups in total. The monoisotopic (exact) mass is 314 g/mol. The van der Waals surface area contributed by atoms with Crippen molar-refractivity contribution in [2.45, 2.75) is 37.8 Å². The Morgan fingerprint density at radius 1 is 1.41 bits per heavy atom. The second-order valence-electron chi connectivity index (χ2n) is 5.22. The van der Waals surface area contributed by atoms with Gasteiger partial charge in [-0.1, -0.05) is 0 Å². The maximum absolute atomic E-state index is 5.99. The molecular weight excluding hydrogens is 296 g/mol. The molecule has 0 aromatic carbocycles. The van der Waals surface area contributed by atoms with Gasteiger partial charge in [-0.15, -0.1) is 11.3 Å². The number of thiophene rings is 1. The van der Waals surface area contributed by atoms with Gasteiger partial charge in [0.15, 0.2) is 0 Å². The Morgan fingerprint density at radius 3 is 2.82 bits per heavy atom. The molecule has 2 unspecified atom stereocenters. The molecule has 0 bridgehead atoms. The number of piperidine rings is 1. The lowest BCUT2D eigenvalue weighted by atomic mass is 9.88. The molecule has 1 saturated carbocycles. The van der Waals surface area contributed by atoms with Gasteiger partial charge in [0.1, 0.15) is 0 Å². The standard InChI is InChI=1S/C13H19BrN2S/c14-10-6-12(17-8-10)13-9(7-15)2-1-5-16(13)11-3-4-11/h6,8-9,11,13H,1-5,7,15H2. The highest BCUT2D eigenvalue weighted by molar-refractivity contribution is 9.10. The minimum absolute atomic E-state index is 0.581. The first kappa shape index (κ1) is 12.2. The molecule has 2 heterocycles. The van der Waals surface area contributed by atoms with Gasteiger partial charge in [-0.05, 0) is 66.7 Å². The summed E-state index contributed by atoms with van der Waals surface area (Å²) in [6.07, 6.45) is 5.39.